The van der Waals surface area contributed by atoms with Gasteiger partial charge in [-0.1, -0.05) is 6.07 Å². The molecule has 1 N–H and O–H groups in total. The maximum atomic E-state index is 10.9. The van der Waals surface area contributed by atoms with E-state index in [1.54, 1.807) is 19.1 Å². The highest BCUT2D eigenvalue weighted by molar-refractivity contribution is 7.99. The summed E-state index contributed by atoms with van der Waals surface area (Å²) in [5, 5.41) is 8.98. The van der Waals surface area contributed by atoms with Crippen molar-refractivity contribution in [3.63, 3.8) is 0 Å². The van der Waals surface area contributed by atoms with Gasteiger partial charge in [-0.2, -0.15) is 0 Å². The van der Waals surface area contributed by atoms with Crippen LogP contribution in [0, 0.1) is 6.92 Å². The molecule has 100 valence electrons. The molecule has 0 radical (unpaired) electrons. The first-order valence-corrected chi connectivity index (χ1v) is 8.48. The molecule has 0 fully saturated rings. The molecule has 0 aromatic heterocycles. The third-order valence-corrected chi connectivity index (χ3v) is 4.48. The molecule has 0 saturated carbocycles. The molecular weight excluding hydrogens is 272 g/mol. The average Bonchev–Trinajstić information content (AvgIpc) is 2.24. The Morgan fingerprint density at radius 1 is 1.39 bits per heavy atom. The van der Waals surface area contributed by atoms with Crippen LogP contribution in [-0.4, -0.2) is 37.3 Å². The third kappa shape index (κ3) is 5.10. The lowest BCUT2D eigenvalue weighted by Gasteiger charge is -2.05. The molecule has 0 aliphatic heterocycles. The topological polar surface area (TPSA) is 71.4 Å². The first-order valence-electron chi connectivity index (χ1n) is 5.44. The van der Waals surface area contributed by atoms with E-state index in [1.165, 1.54) is 18.0 Å². The predicted octanol–water partition coefficient (Wildman–Crippen LogP) is 2.22. The number of rotatable bonds is 6. The Kier molecular flexibility index (Phi) is 5.22. The van der Waals surface area contributed by atoms with Crippen LogP contribution < -0.4 is 0 Å². The van der Waals surface area contributed by atoms with Crippen molar-refractivity contribution < 1.29 is 18.3 Å². The molecule has 0 amide bonds. The van der Waals surface area contributed by atoms with Crippen molar-refractivity contribution in [1.82, 2.24) is 0 Å². The fraction of sp³-hybridized carbons (Fsp3) is 0.417. The zero-order valence-corrected chi connectivity index (χ0v) is 12.0. The smallest absolute Gasteiger partial charge is 0.335 e. The van der Waals surface area contributed by atoms with Gasteiger partial charge in [0, 0.05) is 11.2 Å². The molecule has 1 rings (SSSR count). The standard InChI is InChI=1S/C12H16O4S2/c1-9-4-5-10(8-11(9)12(13)14)17-6-3-7-18(2,15)16/h4-5,8H,3,6-7H2,1-2H3,(H,13,14). The van der Waals surface area contributed by atoms with Crippen molar-refractivity contribution in [2.75, 3.05) is 17.8 Å². The summed E-state index contributed by atoms with van der Waals surface area (Å²) in [4.78, 5) is 11.8. The van der Waals surface area contributed by atoms with Crippen molar-refractivity contribution in [2.45, 2.75) is 18.2 Å². The summed E-state index contributed by atoms with van der Waals surface area (Å²) in [6.07, 6.45) is 1.78. The van der Waals surface area contributed by atoms with Gasteiger partial charge in [0.1, 0.15) is 9.84 Å². The minimum absolute atomic E-state index is 0.164. The first-order chi connectivity index (χ1) is 8.29. The highest BCUT2D eigenvalue weighted by atomic mass is 32.2. The van der Waals surface area contributed by atoms with Gasteiger partial charge < -0.3 is 5.11 Å². The summed E-state index contributed by atoms with van der Waals surface area (Å²) in [6.45, 7) is 1.75. The van der Waals surface area contributed by atoms with Crippen LogP contribution in [-0.2, 0) is 9.84 Å². The van der Waals surface area contributed by atoms with E-state index in [1.807, 2.05) is 6.07 Å². The van der Waals surface area contributed by atoms with E-state index in [0.29, 0.717) is 17.7 Å². The van der Waals surface area contributed by atoms with Gasteiger partial charge in [-0.3, -0.25) is 0 Å². The van der Waals surface area contributed by atoms with Crippen LogP contribution in [0.25, 0.3) is 0 Å². The van der Waals surface area contributed by atoms with Gasteiger partial charge in [-0.25, -0.2) is 13.2 Å². The van der Waals surface area contributed by atoms with Crippen molar-refractivity contribution >= 4 is 27.6 Å². The lowest BCUT2D eigenvalue weighted by atomic mass is 10.1. The molecule has 0 aliphatic carbocycles. The van der Waals surface area contributed by atoms with Gasteiger partial charge in [-0.15, -0.1) is 11.8 Å². The maximum absolute atomic E-state index is 10.9. The molecule has 4 nitrogen and oxygen atoms in total. The zero-order chi connectivity index (χ0) is 13.8. The Morgan fingerprint density at radius 3 is 2.61 bits per heavy atom. The molecule has 0 unspecified atom stereocenters. The Bertz CT molecular complexity index is 535. The number of aromatic carboxylic acids is 1. The highest BCUT2D eigenvalue weighted by Crippen LogP contribution is 2.22. The van der Waals surface area contributed by atoms with E-state index in [4.69, 9.17) is 5.11 Å². The largest absolute Gasteiger partial charge is 0.478 e. The zero-order valence-electron chi connectivity index (χ0n) is 10.3. The van der Waals surface area contributed by atoms with E-state index in [9.17, 15) is 13.2 Å². The van der Waals surface area contributed by atoms with Crippen molar-refractivity contribution in [1.29, 1.82) is 0 Å². The van der Waals surface area contributed by atoms with Crippen LogP contribution in [0.2, 0.25) is 0 Å². The van der Waals surface area contributed by atoms with E-state index in [0.717, 1.165) is 10.5 Å². The number of thioether (sulfide) groups is 1. The molecule has 1 aromatic rings. The minimum Gasteiger partial charge on any atom is -0.478 e. The Hall–Kier alpha value is -1.01. The number of aryl methyl sites for hydroxylation is 1. The van der Waals surface area contributed by atoms with E-state index < -0.39 is 15.8 Å². The van der Waals surface area contributed by atoms with Gasteiger partial charge in [0.25, 0.3) is 0 Å². The van der Waals surface area contributed by atoms with E-state index in [2.05, 4.69) is 0 Å². The quantitative estimate of drug-likeness (QED) is 0.642. The minimum atomic E-state index is -2.91. The predicted molar refractivity (Wildman–Crippen MR) is 73.2 cm³/mol. The summed E-state index contributed by atoms with van der Waals surface area (Å²) in [6, 6.07) is 5.25. The average molecular weight is 288 g/mol. The monoisotopic (exact) mass is 288 g/mol. The van der Waals surface area contributed by atoms with Crippen LogP contribution in [0.1, 0.15) is 22.3 Å². The molecule has 0 heterocycles. The molecule has 0 saturated heterocycles. The fourth-order valence-electron chi connectivity index (χ4n) is 1.43. The third-order valence-electron chi connectivity index (χ3n) is 2.37. The molecule has 18 heavy (non-hydrogen) atoms. The second-order valence-electron chi connectivity index (χ2n) is 4.11. The number of carboxylic acids is 1. The lowest BCUT2D eigenvalue weighted by molar-refractivity contribution is 0.0696. The molecule has 6 heteroatoms. The van der Waals surface area contributed by atoms with Crippen LogP contribution in [0.15, 0.2) is 23.1 Å². The summed E-state index contributed by atoms with van der Waals surface area (Å²) in [5.74, 6) is -0.113. The number of sulfone groups is 1. The van der Waals surface area contributed by atoms with Crippen molar-refractivity contribution in [2.24, 2.45) is 0 Å². The molecule has 0 aliphatic rings. The van der Waals surface area contributed by atoms with Crippen LogP contribution in [0.5, 0.6) is 0 Å². The summed E-state index contributed by atoms with van der Waals surface area (Å²) >= 11 is 1.47. The molecule has 0 spiro atoms. The number of carbonyl (C=O) groups is 1. The number of hydrogen-bond acceptors (Lipinski definition) is 4. The molecule has 0 bridgehead atoms. The van der Waals surface area contributed by atoms with E-state index >= 15 is 0 Å². The highest BCUT2D eigenvalue weighted by Gasteiger charge is 2.08. The van der Waals surface area contributed by atoms with Gasteiger partial charge in [0.05, 0.1) is 11.3 Å². The van der Waals surface area contributed by atoms with E-state index in [-0.39, 0.29) is 5.75 Å². The molecule has 0 atom stereocenters. The molecule has 1 aromatic carbocycles. The normalized spacial score (nSPS) is 11.4. The van der Waals surface area contributed by atoms with Crippen molar-refractivity contribution in [3.05, 3.63) is 29.3 Å². The summed E-state index contributed by atoms with van der Waals surface area (Å²) in [7, 11) is -2.91. The van der Waals surface area contributed by atoms with Gasteiger partial charge in [-0.05, 0) is 36.8 Å². The second-order valence-corrected chi connectivity index (χ2v) is 7.54. The Morgan fingerprint density at radius 2 is 2.06 bits per heavy atom. The van der Waals surface area contributed by atoms with Gasteiger partial charge in [0.15, 0.2) is 0 Å². The van der Waals surface area contributed by atoms with Crippen molar-refractivity contribution in [3.8, 4) is 0 Å². The van der Waals surface area contributed by atoms with Crippen LogP contribution in [0.4, 0.5) is 0 Å². The maximum Gasteiger partial charge on any atom is 0.335 e. The SMILES string of the molecule is Cc1ccc(SCCCS(C)(=O)=O)cc1C(=O)O. The summed E-state index contributed by atoms with van der Waals surface area (Å²) in [5.41, 5.74) is 1.02. The van der Waals surface area contributed by atoms with Crippen LogP contribution in [0.3, 0.4) is 0 Å². The number of hydrogen-bond donors (Lipinski definition) is 1. The summed E-state index contributed by atoms with van der Waals surface area (Å²) < 4.78 is 21.9. The Labute approximate surface area is 111 Å². The van der Waals surface area contributed by atoms with Gasteiger partial charge in [0.2, 0.25) is 0 Å². The van der Waals surface area contributed by atoms with Gasteiger partial charge >= 0.3 is 5.97 Å². The number of carboxylic acid groups (broad SMARTS) is 1. The Balaban J connectivity index is 2.58. The van der Waals surface area contributed by atoms with Crippen LogP contribution >= 0.6 is 11.8 Å². The second kappa shape index (κ2) is 6.24. The number of benzene rings is 1. The first kappa shape index (κ1) is 15.0. The molecular formula is C12H16O4S2. The fourth-order valence-corrected chi connectivity index (χ4v) is 3.17. The lowest BCUT2D eigenvalue weighted by Crippen LogP contribution is -2.03.